The van der Waals surface area contributed by atoms with Crippen LogP contribution in [0.15, 0.2) is 45.8 Å². The van der Waals surface area contributed by atoms with Crippen LogP contribution in [-0.2, 0) is 22.1 Å². The first-order chi connectivity index (χ1) is 15.1. The zero-order valence-corrected chi connectivity index (χ0v) is 18.4. The summed E-state index contributed by atoms with van der Waals surface area (Å²) < 4.78 is 95.5. The lowest BCUT2D eigenvalue weighted by Gasteiger charge is -2.13. The topological polar surface area (TPSA) is 88.7 Å². The van der Waals surface area contributed by atoms with Crippen LogP contribution in [0.1, 0.15) is 21.7 Å². The lowest BCUT2D eigenvalue weighted by Crippen LogP contribution is -2.28. The molecule has 1 aromatic carbocycles. The molecule has 2 aromatic heterocycles. The second kappa shape index (κ2) is 8.53. The molecule has 2 heterocycles. The molecule has 0 fully saturated rings. The van der Waals surface area contributed by atoms with E-state index in [0.717, 1.165) is 0 Å². The summed E-state index contributed by atoms with van der Waals surface area (Å²) in [4.78, 5) is 15.8. The molecule has 0 aliphatic carbocycles. The van der Waals surface area contributed by atoms with Gasteiger partial charge in [0.1, 0.15) is 11.3 Å². The van der Waals surface area contributed by atoms with Gasteiger partial charge < -0.3 is 0 Å². The van der Waals surface area contributed by atoms with Crippen LogP contribution < -0.4 is 5.32 Å². The lowest BCUT2D eigenvalue weighted by atomic mass is 10.2. The van der Waals surface area contributed by atoms with Crippen molar-refractivity contribution in [2.24, 2.45) is 4.36 Å². The van der Waals surface area contributed by atoms with Gasteiger partial charge in [-0.05, 0) is 42.5 Å². The molecule has 1 amide bonds. The average Bonchev–Trinajstić information content (AvgIpc) is 3.09. The molecular weight excluding hydrogens is 520 g/mol. The quantitative estimate of drug-likeness (QED) is 0.387. The minimum absolute atomic E-state index is 0.0566. The van der Waals surface area contributed by atoms with Crippen molar-refractivity contribution in [3.05, 3.63) is 58.5 Å². The zero-order chi connectivity index (χ0) is 24.8. The number of nitrogens with one attached hydrogen (secondary N) is 1. The first-order valence-electron chi connectivity index (χ1n) is 8.46. The predicted molar refractivity (Wildman–Crippen MR) is 109 cm³/mol. The molecule has 1 atom stereocenters. The number of halogens is 7. The van der Waals surface area contributed by atoms with E-state index in [1.54, 1.807) is 0 Å². The monoisotopic (exact) mass is 529 g/mol. The molecule has 0 bridgehead atoms. The highest BCUT2D eigenvalue weighted by atomic mass is 35.5. The number of alkyl halides is 6. The Bertz CT molecular complexity index is 1380. The molecule has 7 nitrogen and oxygen atoms in total. The zero-order valence-electron chi connectivity index (χ0n) is 16.0. The standard InChI is InChI=1S/C17H10ClF6N5O2S2/c1-33(31,9-4-2-8(18)3-5-9)28-15(32)27-14(30)10-7-25-29-12(17(22,23)24)6-11(16(19,20)21)26-13(10)29/h2-7H,1H3,(H,27,30,32)/t33-/m0/s1. The molecule has 0 saturated carbocycles. The van der Waals surface area contributed by atoms with Crippen LogP contribution >= 0.6 is 23.8 Å². The summed E-state index contributed by atoms with van der Waals surface area (Å²) in [5, 5.41) is 5.07. The SMILES string of the molecule is C[S@@](=O)(=NC(=S)NC(=O)c1cnn2c(C(F)(F)F)cc(C(F)(F)F)nc12)c1ccc(Cl)cc1. The van der Waals surface area contributed by atoms with E-state index >= 15 is 0 Å². The fourth-order valence-electron chi connectivity index (χ4n) is 2.56. The third-order valence-corrected chi connectivity index (χ3v) is 6.26. The van der Waals surface area contributed by atoms with Crippen molar-refractivity contribution in [2.75, 3.05) is 6.26 Å². The van der Waals surface area contributed by atoms with Gasteiger partial charge in [-0.25, -0.2) is 13.7 Å². The number of thiocarbonyl (C=S) groups is 1. The Kier molecular flexibility index (Phi) is 6.43. The first kappa shape index (κ1) is 24.9. The van der Waals surface area contributed by atoms with Crippen LogP contribution in [0.2, 0.25) is 5.02 Å². The number of nitrogens with zero attached hydrogens (tertiary/aromatic N) is 4. The maximum Gasteiger partial charge on any atom is 0.433 e. The van der Waals surface area contributed by atoms with Gasteiger partial charge in [0.15, 0.2) is 11.3 Å². The number of benzene rings is 1. The second-order valence-electron chi connectivity index (χ2n) is 6.42. The van der Waals surface area contributed by atoms with Gasteiger partial charge in [-0.15, -0.1) is 0 Å². The van der Waals surface area contributed by atoms with Crippen LogP contribution in [0.4, 0.5) is 26.3 Å². The number of carbonyl (C=O) groups excluding carboxylic acids is 1. The summed E-state index contributed by atoms with van der Waals surface area (Å²) in [7, 11) is -3.16. The maximum atomic E-state index is 13.2. The second-order valence-corrected chi connectivity index (χ2v) is 9.50. The molecule has 0 saturated heterocycles. The molecule has 0 aliphatic heterocycles. The van der Waals surface area contributed by atoms with E-state index in [4.69, 9.17) is 23.8 Å². The van der Waals surface area contributed by atoms with E-state index in [1.807, 2.05) is 5.32 Å². The van der Waals surface area contributed by atoms with Crippen molar-refractivity contribution in [3.63, 3.8) is 0 Å². The molecule has 0 aliphatic rings. The van der Waals surface area contributed by atoms with Crippen molar-refractivity contribution in [2.45, 2.75) is 17.2 Å². The number of rotatable bonds is 2. The Labute approximate surface area is 191 Å². The van der Waals surface area contributed by atoms with Gasteiger partial charge in [0.2, 0.25) is 5.11 Å². The van der Waals surface area contributed by atoms with E-state index in [2.05, 4.69) is 14.4 Å². The Morgan fingerprint density at radius 3 is 2.30 bits per heavy atom. The van der Waals surface area contributed by atoms with E-state index in [9.17, 15) is 35.3 Å². The van der Waals surface area contributed by atoms with Gasteiger partial charge >= 0.3 is 12.4 Å². The average molecular weight is 530 g/mol. The minimum atomic E-state index is -5.23. The number of hydrogen-bond acceptors (Lipinski definition) is 5. The number of hydrogen-bond donors (Lipinski definition) is 1. The van der Waals surface area contributed by atoms with Crippen molar-refractivity contribution in [1.82, 2.24) is 19.9 Å². The molecule has 3 aromatic rings. The Balaban J connectivity index is 2.00. The van der Waals surface area contributed by atoms with Crippen molar-refractivity contribution < 1.29 is 35.3 Å². The van der Waals surface area contributed by atoms with E-state index in [1.165, 1.54) is 30.5 Å². The maximum absolute atomic E-state index is 13.2. The minimum Gasteiger partial charge on any atom is -0.296 e. The molecule has 0 radical (unpaired) electrons. The van der Waals surface area contributed by atoms with E-state index in [-0.39, 0.29) is 15.5 Å². The molecular formula is C17H10ClF6N5O2S2. The predicted octanol–water partition coefficient (Wildman–Crippen LogP) is 4.59. The number of carbonyl (C=O) groups is 1. The van der Waals surface area contributed by atoms with Crippen LogP contribution in [0.3, 0.4) is 0 Å². The molecule has 16 heteroatoms. The summed E-state index contributed by atoms with van der Waals surface area (Å²) in [6.45, 7) is 0. The summed E-state index contributed by atoms with van der Waals surface area (Å²) in [6, 6.07) is 5.48. The van der Waals surface area contributed by atoms with Crippen LogP contribution in [0.5, 0.6) is 0 Å². The third kappa shape index (κ3) is 5.42. The van der Waals surface area contributed by atoms with Gasteiger partial charge in [0.25, 0.3) is 5.91 Å². The van der Waals surface area contributed by atoms with Crippen molar-refractivity contribution in [1.29, 1.82) is 0 Å². The van der Waals surface area contributed by atoms with Gasteiger partial charge in [-0.2, -0.15) is 35.8 Å². The smallest absolute Gasteiger partial charge is 0.296 e. The van der Waals surface area contributed by atoms with Gasteiger partial charge in [-0.3, -0.25) is 10.1 Å². The molecule has 3 rings (SSSR count). The lowest BCUT2D eigenvalue weighted by molar-refractivity contribution is -0.148. The third-order valence-electron chi connectivity index (χ3n) is 4.03. The normalized spacial score (nSPS) is 14.1. The van der Waals surface area contributed by atoms with Crippen LogP contribution in [0, 0.1) is 0 Å². The van der Waals surface area contributed by atoms with Gasteiger partial charge in [-0.1, -0.05) is 11.6 Å². The van der Waals surface area contributed by atoms with Crippen molar-refractivity contribution in [3.8, 4) is 0 Å². The summed E-state index contributed by atoms with van der Waals surface area (Å²) in [5.74, 6) is -1.25. The van der Waals surface area contributed by atoms with Crippen LogP contribution in [0.25, 0.3) is 5.65 Å². The molecule has 33 heavy (non-hydrogen) atoms. The highest BCUT2D eigenvalue weighted by Gasteiger charge is 2.41. The summed E-state index contributed by atoms with van der Waals surface area (Å²) in [5.41, 5.74) is -5.40. The molecule has 1 N–H and O–H groups in total. The Morgan fingerprint density at radius 1 is 1.15 bits per heavy atom. The highest BCUT2D eigenvalue weighted by Crippen LogP contribution is 2.35. The summed E-state index contributed by atoms with van der Waals surface area (Å²) in [6.07, 6.45) is -8.65. The largest absolute Gasteiger partial charge is 0.433 e. The highest BCUT2D eigenvalue weighted by molar-refractivity contribution is 7.94. The number of fused-ring (bicyclic) bond motifs is 1. The fourth-order valence-corrected chi connectivity index (χ4v) is 4.31. The number of amides is 1. The van der Waals surface area contributed by atoms with Gasteiger partial charge in [0, 0.05) is 16.2 Å². The van der Waals surface area contributed by atoms with Crippen molar-refractivity contribution >= 4 is 50.2 Å². The first-order valence-corrected chi connectivity index (χ1v) is 11.2. The Morgan fingerprint density at radius 2 is 1.76 bits per heavy atom. The van der Waals surface area contributed by atoms with Gasteiger partial charge in [0.05, 0.1) is 15.9 Å². The fraction of sp³-hybridized carbons (Fsp3) is 0.176. The molecule has 0 spiro atoms. The van der Waals surface area contributed by atoms with E-state index < -0.39 is 55.7 Å². The Hall–Kier alpha value is -2.78. The molecule has 0 unspecified atom stereocenters. The number of aromatic nitrogens is 3. The van der Waals surface area contributed by atoms with E-state index in [0.29, 0.717) is 11.2 Å². The molecule has 176 valence electrons. The van der Waals surface area contributed by atoms with Crippen LogP contribution in [-0.4, -0.2) is 36.1 Å². The summed E-state index contributed by atoms with van der Waals surface area (Å²) >= 11 is 10.6.